The first-order chi connectivity index (χ1) is 17.4. The number of nitrogens with zero attached hydrogens (tertiary/aromatic N) is 3. The molecule has 3 saturated heterocycles. The summed E-state index contributed by atoms with van der Waals surface area (Å²) in [6.45, 7) is 7.35. The number of carbonyl (C=O) groups excluding carboxylic acids is 2. The van der Waals surface area contributed by atoms with Gasteiger partial charge < -0.3 is 24.2 Å². The van der Waals surface area contributed by atoms with E-state index in [-0.39, 0.29) is 29.8 Å². The molecule has 0 radical (unpaired) electrons. The van der Waals surface area contributed by atoms with Gasteiger partial charge >= 0.3 is 12.2 Å². The van der Waals surface area contributed by atoms with Crippen LogP contribution in [0.4, 0.5) is 9.59 Å². The molecule has 4 aliphatic heterocycles. The van der Waals surface area contributed by atoms with Crippen LogP contribution >= 0.6 is 0 Å². The molecule has 4 heterocycles. The standard InChI is InChI=1S/C29H41N3O4/c1-20(2)35-28(34)32-22-10-11-23(32)17-24(16-22)30-14-12-29(13-15-30)19-31(27(33)36-25-7-5-8-25)18-21-6-3-4-9-26(21)29/h3-4,6,9,20,22-25H,5,7-8,10-19H2,1-2H3. The van der Waals surface area contributed by atoms with E-state index in [4.69, 9.17) is 9.47 Å². The highest BCUT2D eigenvalue weighted by Gasteiger charge is 2.48. The van der Waals surface area contributed by atoms with Gasteiger partial charge in [0.2, 0.25) is 0 Å². The Labute approximate surface area is 215 Å². The number of rotatable bonds is 3. The van der Waals surface area contributed by atoms with E-state index in [0.717, 1.165) is 71.0 Å². The molecule has 1 aromatic rings. The predicted octanol–water partition coefficient (Wildman–Crippen LogP) is 5.07. The third kappa shape index (κ3) is 4.37. The van der Waals surface area contributed by atoms with Gasteiger partial charge in [0.15, 0.2) is 0 Å². The molecule has 36 heavy (non-hydrogen) atoms. The average Bonchev–Trinajstić information content (AvgIpc) is 3.11. The van der Waals surface area contributed by atoms with Crippen molar-refractivity contribution >= 4 is 12.2 Å². The summed E-state index contributed by atoms with van der Waals surface area (Å²) in [5.74, 6) is 0. The van der Waals surface area contributed by atoms with E-state index in [1.807, 2.05) is 23.6 Å². The average molecular weight is 496 g/mol. The first-order valence-corrected chi connectivity index (χ1v) is 14.2. The van der Waals surface area contributed by atoms with Gasteiger partial charge in [-0.1, -0.05) is 24.3 Å². The lowest BCUT2D eigenvalue weighted by Gasteiger charge is -2.51. The zero-order valence-electron chi connectivity index (χ0n) is 21.9. The van der Waals surface area contributed by atoms with E-state index in [0.29, 0.717) is 24.7 Å². The van der Waals surface area contributed by atoms with Crippen LogP contribution in [0.15, 0.2) is 24.3 Å². The van der Waals surface area contributed by atoms with E-state index < -0.39 is 0 Å². The molecule has 5 aliphatic rings. The fourth-order valence-electron chi connectivity index (χ4n) is 7.47. The van der Waals surface area contributed by atoms with Gasteiger partial charge in [0.05, 0.1) is 6.10 Å². The van der Waals surface area contributed by atoms with Crippen LogP contribution in [-0.4, -0.2) is 76.9 Å². The van der Waals surface area contributed by atoms with Crippen LogP contribution in [0.3, 0.4) is 0 Å². The van der Waals surface area contributed by atoms with Crippen LogP contribution in [0.2, 0.25) is 0 Å². The number of fused-ring (bicyclic) bond motifs is 4. The number of ether oxygens (including phenoxy) is 2. The molecule has 2 bridgehead atoms. The van der Waals surface area contributed by atoms with Crippen molar-refractivity contribution in [1.82, 2.24) is 14.7 Å². The molecule has 7 nitrogen and oxygen atoms in total. The number of carbonyl (C=O) groups is 2. The maximum atomic E-state index is 13.0. The van der Waals surface area contributed by atoms with Crippen molar-refractivity contribution in [2.24, 2.45) is 0 Å². The number of likely N-dealkylation sites (tertiary alicyclic amines) is 1. The molecule has 1 spiro atoms. The number of hydrogen-bond donors (Lipinski definition) is 0. The summed E-state index contributed by atoms with van der Waals surface area (Å²) in [6, 6.07) is 9.87. The first kappa shape index (κ1) is 24.1. The van der Waals surface area contributed by atoms with E-state index in [1.165, 1.54) is 17.5 Å². The lowest BCUT2D eigenvalue weighted by molar-refractivity contribution is 0.000787. The summed E-state index contributed by atoms with van der Waals surface area (Å²) in [4.78, 5) is 32.4. The molecule has 1 aliphatic carbocycles. The number of hydrogen-bond acceptors (Lipinski definition) is 5. The SMILES string of the molecule is CC(C)OC(=O)N1C2CCC1CC(N1CCC3(CC1)CN(C(=O)OC1CCC1)Cc1ccccc13)C2. The van der Waals surface area contributed by atoms with Crippen molar-refractivity contribution in [3.05, 3.63) is 35.4 Å². The van der Waals surface area contributed by atoms with E-state index in [1.54, 1.807) is 0 Å². The molecule has 4 fully saturated rings. The van der Waals surface area contributed by atoms with Crippen molar-refractivity contribution in [2.75, 3.05) is 19.6 Å². The Morgan fingerprint density at radius 3 is 2.28 bits per heavy atom. The van der Waals surface area contributed by atoms with Crippen LogP contribution in [0.1, 0.15) is 82.8 Å². The minimum absolute atomic E-state index is 0.00469. The Morgan fingerprint density at radius 1 is 0.944 bits per heavy atom. The summed E-state index contributed by atoms with van der Waals surface area (Å²) >= 11 is 0. The predicted molar refractivity (Wildman–Crippen MR) is 137 cm³/mol. The van der Waals surface area contributed by atoms with Gasteiger partial charge in [-0.3, -0.25) is 0 Å². The largest absolute Gasteiger partial charge is 0.447 e. The fraction of sp³-hybridized carbons (Fsp3) is 0.724. The molecule has 7 heteroatoms. The second-order valence-electron chi connectivity index (χ2n) is 12.1. The van der Waals surface area contributed by atoms with Gasteiger partial charge in [0.1, 0.15) is 6.10 Å². The smallest absolute Gasteiger partial charge is 0.410 e. The van der Waals surface area contributed by atoms with Crippen molar-refractivity contribution in [1.29, 1.82) is 0 Å². The lowest BCUT2D eigenvalue weighted by Crippen LogP contribution is -2.58. The van der Waals surface area contributed by atoms with Crippen LogP contribution < -0.4 is 0 Å². The van der Waals surface area contributed by atoms with Crippen LogP contribution in [0.5, 0.6) is 0 Å². The monoisotopic (exact) mass is 495 g/mol. The normalized spacial score (nSPS) is 29.7. The molecule has 2 amide bonds. The summed E-state index contributed by atoms with van der Waals surface area (Å²) in [6.07, 6.45) is 9.37. The van der Waals surface area contributed by atoms with Crippen molar-refractivity contribution < 1.29 is 19.1 Å². The van der Waals surface area contributed by atoms with Crippen molar-refractivity contribution in [2.45, 2.75) is 114 Å². The zero-order valence-corrected chi connectivity index (χ0v) is 21.9. The van der Waals surface area contributed by atoms with Gasteiger partial charge in [-0.15, -0.1) is 0 Å². The van der Waals surface area contributed by atoms with Crippen molar-refractivity contribution in [3.8, 4) is 0 Å². The van der Waals surface area contributed by atoms with E-state index in [9.17, 15) is 9.59 Å². The fourth-order valence-corrected chi connectivity index (χ4v) is 7.47. The first-order valence-electron chi connectivity index (χ1n) is 14.2. The molecule has 1 aromatic carbocycles. The van der Waals surface area contributed by atoms with Gasteiger partial charge in [0.25, 0.3) is 0 Å². The quantitative estimate of drug-likeness (QED) is 0.586. The second kappa shape index (κ2) is 9.55. The second-order valence-corrected chi connectivity index (χ2v) is 12.1. The lowest BCUT2D eigenvalue weighted by atomic mass is 9.68. The minimum atomic E-state index is -0.131. The third-order valence-electron chi connectivity index (χ3n) is 9.55. The molecule has 2 unspecified atom stereocenters. The summed E-state index contributed by atoms with van der Waals surface area (Å²) in [5.41, 5.74) is 2.71. The van der Waals surface area contributed by atoms with Gasteiger partial charge in [0, 0.05) is 36.6 Å². The summed E-state index contributed by atoms with van der Waals surface area (Å²) in [5, 5.41) is 0. The third-order valence-corrected chi connectivity index (χ3v) is 9.55. The highest BCUT2D eigenvalue weighted by Crippen LogP contribution is 2.45. The Balaban J connectivity index is 1.13. The molecule has 196 valence electrons. The maximum Gasteiger partial charge on any atom is 0.410 e. The molecule has 1 saturated carbocycles. The van der Waals surface area contributed by atoms with Crippen LogP contribution in [0, 0.1) is 0 Å². The molecular formula is C29H41N3O4. The Hall–Kier alpha value is -2.28. The van der Waals surface area contributed by atoms with E-state index >= 15 is 0 Å². The number of amides is 2. The molecule has 0 aromatic heterocycles. The number of benzene rings is 1. The van der Waals surface area contributed by atoms with Crippen LogP contribution in [-0.2, 0) is 21.4 Å². The summed E-state index contributed by atoms with van der Waals surface area (Å²) < 4.78 is 11.4. The van der Waals surface area contributed by atoms with Crippen LogP contribution in [0.25, 0.3) is 0 Å². The maximum absolute atomic E-state index is 13.0. The highest BCUT2D eigenvalue weighted by molar-refractivity contribution is 5.70. The Morgan fingerprint density at radius 2 is 1.64 bits per heavy atom. The molecule has 2 atom stereocenters. The van der Waals surface area contributed by atoms with Gasteiger partial charge in [-0.05, 0) is 95.9 Å². The highest BCUT2D eigenvalue weighted by atomic mass is 16.6. The number of piperidine rings is 2. The molecular weight excluding hydrogens is 454 g/mol. The Bertz CT molecular complexity index is 970. The topological polar surface area (TPSA) is 62.3 Å². The molecule has 0 N–H and O–H groups in total. The van der Waals surface area contributed by atoms with Gasteiger partial charge in [-0.2, -0.15) is 0 Å². The van der Waals surface area contributed by atoms with E-state index in [2.05, 4.69) is 29.2 Å². The van der Waals surface area contributed by atoms with Crippen molar-refractivity contribution in [3.63, 3.8) is 0 Å². The zero-order chi connectivity index (χ0) is 24.9. The minimum Gasteiger partial charge on any atom is -0.447 e. The molecule has 6 rings (SSSR count). The summed E-state index contributed by atoms with van der Waals surface area (Å²) in [7, 11) is 0. The Kier molecular flexibility index (Phi) is 6.39. The van der Waals surface area contributed by atoms with Gasteiger partial charge in [-0.25, -0.2) is 9.59 Å².